The number of H-pyrrole nitrogens is 1. The van der Waals surface area contributed by atoms with Gasteiger partial charge in [-0.2, -0.15) is 0 Å². The molecule has 0 unspecified atom stereocenters. The van der Waals surface area contributed by atoms with E-state index in [9.17, 15) is 14.9 Å². The van der Waals surface area contributed by atoms with E-state index in [1.165, 1.54) is 0 Å². The van der Waals surface area contributed by atoms with Crippen molar-refractivity contribution >= 4 is 23.1 Å². The van der Waals surface area contributed by atoms with E-state index in [1.807, 2.05) is 19.1 Å². The van der Waals surface area contributed by atoms with Crippen LogP contribution in [0.25, 0.3) is 10.9 Å². The molecule has 0 bridgehead atoms. The van der Waals surface area contributed by atoms with Crippen LogP contribution in [0.1, 0.15) is 11.3 Å². The Morgan fingerprint density at radius 2 is 2.28 bits per heavy atom. The van der Waals surface area contributed by atoms with E-state index in [-0.39, 0.29) is 12.3 Å². The van der Waals surface area contributed by atoms with Gasteiger partial charge in [-0.15, -0.1) is 0 Å². The summed E-state index contributed by atoms with van der Waals surface area (Å²) in [6.45, 7) is 2.37. The Morgan fingerprint density at radius 3 is 2.94 bits per heavy atom. The fourth-order valence-electron chi connectivity index (χ4n) is 1.95. The van der Waals surface area contributed by atoms with Crippen LogP contribution in [0.5, 0.6) is 0 Å². The number of aryl methyl sites for hydroxylation is 1. The molecule has 0 aliphatic rings. The summed E-state index contributed by atoms with van der Waals surface area (Å²) in [5.74, 6) is 0. The summed E-state index contributed by atoms with van der Waals surface area (Å²) >= 11 is 0. The summed E-state index contributed by atoms with van der Waals surface area (Å²) < 4.78 is 4.57. The lowest BCUT2D eigenvalue weighted by molar-refractivity contribution is -0.383. The molecular weight excluding hydrogens is 236 g/mol. The van der Waals surface area contributed by atoms with Crippen molar-refractivity contribution in [3.05, 3.63) is 39.6 Å². The van der Waals surface area contributed by atoms with E-state index in [0.29, 0.717) is 24.0 Å². The number of benzene rings is 1. The van der Waals surface area contributed by atoms with Gasteiger partial charge in [0, 0.05) is 6.42 Å². The number of rotatable bonds is 5. The maximum atomic E-state index is 11.1. The quantitative estimate of drug-likeness (QED) is 0.380. The average Bonchev–Trinajstić information content (AvgIpc) is 2.66. The second kappa shape index (κ2) is 4.87. The molecular formula is C12H12N2O4. The summed E-state index contributed by atoms with van der Waals surface area (Å²) in [6, 6.07) is 5.41. The number of hydrogen-bond donors (Lipinski definition) is 1. The normalized spacial score (nSPS) is 10.5. The highest BCUT2D eigenvalue weighted by atomic mass is 16.6. The molecule has 0 radical (unpaired) electrons. The zero-order valence-corrected chi connectivity index (χ0v) is 9.80. The van der Waals surface area contributed by atoms with Gasteiger partial charge in [0.2, 0.25) is 0 Å². The number of carbonyl (C=O) groups excluding carboxylic acids is 1. The van der Waals surface area contributed by atoms with Crippen LogP contribution in [0.3, 0.4) is 0 Å². The van der Waals surface area contributed by atoms with Crippen LogP contribution in [0, 0.1) is 17.0 Å². The number of aromatic amines is 1. The van der Waals surface area contributed by atoms with Crippen LogP contribution < -0.4 is 0 Å². The average molecular weight is 248 g/mol. The fourth-order valence-corrected chi connectivity index (χ4v) is 1.95. The van der Waals surface area contributed by atoms with Gasteiger partial charge in [-0.25, -0.2) is 0 Å². The van der Waals surface area contributed by atoms with Gasteiger partial charge in [0.05, 0.1) is 28.1 Å². The number of carbonyl (C=O) groups is 1. The maximum absolute atomic E-state index is 11.1. The van der Waals surface area contributed by atoms with Crippen molar-refractivity contribution in [1.82, 2.24) is 4.98 Å². The minimum absolute atomic E-state index is 0.0551. The molecule has 0 aliphatic carbocycles. The van der Waals surface area contributed by atoms with Crippen molar-refractivity contribution in [3.8, 4) is 0 Å². The molecule has 6 heteroatoms. The summed E-state index contributed by atoms with van der Waals surface area (Å²) in [5.41, 5.74) is 2.28. The van der Waals surface area contributed by atoms with E-state index < -0.39 is 4.92 Å². The number of nitro groups is 1. The van der Waals surface area contributed by atoms with E-state index in [2.05, 4.69) is 9.72 Å². The van der Waals surface area contributed by atoms with E-state index in [1.54, 1.807) is 6.07 Å². The molecule has 0 fully saturated rings. The SMILES string of the molecule is Cc1ccc2c([N+](=O)[O-])c(CCOC=O)[nH]c2c1. The van der Waals surface area contributed by atoms with Crippen molar-refractivity contribution in [2.75, 3.05) is 6.61 Å². The third-order valence-electron chi connectivity index (χ3n) is 2.72. The van der Waals surface area contributed by atoms with Crippen LogP contribution in [-0.2, 0) is 16.0 Å². The first-order chi connectivity index (χ1) is 8.63. The first-order valence-electron chi connectivity index (χ1n) is 5.44. The van der Waals surface area contributed by atoms with Gasteiger partial charge in [-0.1, -0.05) is 6.07 Å². The largest absolute Gasteiger partial charge is 0.467 e. The zero-order valence-electron chi connectivity index (χ0n) is 9.80. The lowest BCUT2D eigenvalue weighted by Crippen LogP contribution is -2.00. The summed E-state index contributed by atoms with van der Waals surface area (Å²) in [6.07, 6.45) is 0.294. The molecule has 0 atom stereocenters. The standard InChI is InChI=1S/C12H12N2O4/c1-8-2-3-9-11(6-8)13-10(4-5-18-7-15)12(9)14(16)17/h2-3,6-7,13H,4-5H2,1H3. The maximum Gasteiger partial charge on any atom is 0.297 e. The lowest BCUT2D eigenvalue weighted by Gasteiger charge is -1.96. The first kappa shape index (κ1) is 12.1. The van der Waals surface area contributed by atoms with Crippen LogP contribution in [0.4, 0.5) is 5.69 Å². The molecule has 2 rings (SSSR count). The molecule has 1 aromatic carbocycles. The van der Waals surface area contributed by atoms with Gasteiger partial charge < -0.3 is 9.72 Å². The Kier molecular flexibility index (Phi) is 3.27. The third kappa shape index (κ3) is 2.17. The first-order valence-corrected chi connectivity index (χ1v) is 5.44. The zero-order chi connectivity index (χ0) is 13.1. The van der Waals surface area contributed by atoms with Gasteiger partial charge in [0.1, 0.15) is 0 Å². The van der Waals surface area contributed by atoms with Crippen LogP contribution in [-0.4, -0.2) is 23.0 Å². The Bertz CT molecular complexity index is 603. The molecule has 0 spiro atoms. The second-order valence-electron chi connectivity index (χ2n) is 3.98. The van der Waals surface area contributed by atoms with Crippen molar-refractivity contribution < 1.29 is 14.5 Å². The summed E-state index contributed by atoms with van der Waals surface area (Å²) in [7, 11) is 0. The van der Waals surface area contributed by atoms with E-state index in [4.69, 9.17) is 0 Å². The van der Waals surface area contributed by atoms with E-state index in [0.717, 1.165) is 11.1 Å². The highest BCUT2D eigenvalue weighted by Crippen LogP contribution is 2.30. The molecule has 18 heavy (non-hydrogen) atoms. The lowest BCUT2D eigenvalue weighted by atomic mass is 10.1. The Hall–Kier alpha value is -2.37. The van der Waals surface area contributed by atoms with Crippen LogP contribution in [0.2, 0.25) is 0 Å². The Balaban J connectivity index is 2.47. The molecule has 2 aromatic rings. The van der Waals surface area contributed by atoms with Gasteiger partial charge in [-0.3, -0.25) is 14.9 Å². The molecule has 1 N–H and O–H groups in total. The van der Waals surface area contributed by atoms with Gasteiger partial charge in [-0.05, 0) is 24.6 Å². The predicted molar refractivity (Wildman–Crippen MR) is 65.4 cm³/mol. The number of nitrogens with zero attached hydrogens (tertiary/aromatic N) is 1. The smallest absolute Gasteiger partial charge is 0.297 e. The number of hydrogen-bond acceptors (Lipinski definition) is 4. The van der Waals surface area contributed by atoms with Gasteiger partial charge >= 0.3 is 0 Å². The van der Waals surface area contributed by atoms with Crippen LogP contribution in [0.15, 0.2) is 18.2 Å². The number of fused-ring (bicyclic) bond motifs is 1. The molecule has 0 saturated carbocycles. The Morgan fingerprint density at radius 1 is 1.50 bits per heavy atom. The number of aromatic nitrogens is 1. The molecule has 6 nitrogen and oxygen atoms in total. The topological polar surface area (TPSA) is 85.2 Å². The van der Waals surface area contributed by atoms with Crippen molar-refractivity contribution in [3.63, 3.8) is 0 Å². The number of ether oxygens (including phenoxy) is 1. The molecule has 0 aliphatic heterocycles. The highest BCUT2D eigenvalue weighted by molar-refractivity contribution is 5.91. The molecule has 0 amide bonds. The minimum Gasteiger partial charge on any atom is -0.467 e. The van der Waals surface area contributed by atoms with Crippen molar-refractivity contribution in [2.45, 2.75) is 13.3 Å². The predicted octanol–water partition coefficient (Wildman–Crippen LogP) is 2.10. The van der Waals surface area contributed by atoms with Gasteiger partial charge in [0.25, 0.3) is 12.2 Å². The second-order valence-corrected chi connectivity index (χ2v) is 3.98. The summed E-state index contributed by atoms with van der Waals surface area (Å²) in [4.78, 5) is 23.7. The molecule has 1 heterocycles. The summed E-state index contributed by atoms with van der Waals surface area (Å²) in [5, 5.41) is 11.7. The molecule has 0 saturated heterocycles. The Labute approximate surface area is 103 Å². The monoisotopic (exact) mass is 248 g/mol. The fraction of sp³-hybridized carbons (Fsp3) is 0.250. The van der Waals surface area contributed by atoms with Crippen LogP contribution >= 0.6 is 0 Å². The van der Waals surface area contributed by atoms with E-state index >= 15 is 0 Å². The molecule has 94 valence electrons. The third-order valence-corrected chi connectivity index (χ3v) is 2.72. The number of nitrogens with one attached hydrogen (secondary N) is 1. The minimum atomic E-state index is -0.412. The molecule has 1 aromatic heterocycles. The van der Waals surface area contributed by atoms with Gasteiger partial charge in [0.15, 0.2) is 0 Å². The van der Waals surface area contributed by atoms with Crippen molar-refractivity contribution in [1.29, 1.82) is 0 Å². The van der Waals surface area contributed by atoms with Crippen molar-refractivity contribution in [2.24, 2.45) is 0 Å². The highest BCUT2D eigenvalue weighted by Gasteiger charge is 2.21.